The molecule has 0 aromatic heterocycles. The topological polar surface area (TPSA) is 72.2 Å². The first kappa shape index (κ1) is 15.8. The van der Waals surface area contributed by atoms with Gasteiger partial charge in [0.2, 0.25) is 10.0 Å². The van der Waals surface area contributed by atoms with E-state index in [9.17, 15) is 8.42 Å². The molecule has 21 heavy (non-hydrogen) atoms. The molecule has 0 aliphatic carbocycles. The Labute approximate surface area is 130 Å². The van der Waals surface area contributed by atoms with Crippen LogP contribution in [0.2, 0.25) is 5.02 Å². The molecular formula is C15H17ClN2O2S. The maximum Gasteiger partial charge on any atom is 0.244 e. The lowest BCUT2D eigenvalue weighted by Crippen LogP contribution is -2.25. The minimum absolute atomic E-state index is 0.0688. The molecule has 0 atom stereocenters. The summed E-state index contributed by atoms with van der Waals surface area (Å²) in [5.74, 6) is 0. The highest BCUT2D eigenvalue weighted by molar-refractivity contribution is 7.89. The van der Waals surface area contributed by atoms with Crippen LogP contribution >= 0.6 is 11.6 Å². The SMILES string of the molecule is CCc1ccccc1CNS(=O)(=O)c1c(N)cccc1Cl. The van der Waals surface area contributed by atoms with E-state index in [0.717, 1.165) is 17.5 Å². The second-order valence-corrected chi connectivity index (χ2v) is 6.72. The number of nitrogens with two attached hydrogens (primary N) is 1. The van der Waals surface area contributed by atoms with E-state index < -0.39 is 10.0 Å². The van der Waals surface area contributed by atoms with Crippen LogP contribution in [0.25, 0.3) is 0 Å². The van der Waals surface area contributed by atoms with Gasteiger partial charge in [0.1, 0.15) is 4.90 Å². The van der Waals surface area contributed by atoms with Gasteiger partial charge in [-0.1, -0.05) is 48.9 Å². The normalized spacial score (nSPS) is 11.5. The quantitative estimate of drug-likeness (QED) is 0.830. The van der Waals surface area contributed by atoms with Crippen LogP contribution in [-0.2, 0) is 23.0 Å². The van der Waals surface area contributed by atoms with Gasteiger partial charge >= 0.3 is 0 Å². The average Bonchev–Trinajstić information content (AvgIpc) is 2.45. The van der Waals surface area contributed by atoms with Gasteiger partial charge in [-0.05, 0) is 29.7 Å². The fourth-order valence-corrected chi connectivity index (χ4v) is 3.81. The van der Waals surface area contributed by atoms with Crippen LogP contribution in [0.3, 0.4) is 0 Å². The molecule has 4 nitrogen and oxygen atoms in total. The number of halogens is 1. The van der Waals surface area contributed by atoms with E-state index in [1.807, 2.05) is 31.2 Å². The maximum absolute atomic E-state index is 12.4. The molecule has 0 aliphatic heterocycles. The summed E-state index contributed by atoms with van der Waals surface area (Å²) in [5.41, 5.74) is 7.91. The molecule has 2 aromatic carbocycles. The highest BCUT2D eigenvalue weighted by Gasteiger charge is 2.20. The van der Waals surface area contributed by atoms with E-state index in [2.05, 4.69) is 4.72 Å². The molecule has 0 saturated heterocycles. The molecule has 0 amide bonds. The number of nitrogens with one attached hydrogen (secondary N) is 1. The molecule has 0 bridgehead atoms. The lowest BCUT2D eigenvalue weighted by atomic mass is 10.1. The number of benzene rings is 2. The maximum atomic E-state index is 12.4. The van der Waals surface area contributed by atoms with E-state index in [1.54, 1.807) is 6.07 Å². The van der Waals surface area contributed by atoms with Gasteiger partial charge in [-0.2, -0.15) is 0 Å². The molecule has 0 radical (unpaired) electrons. The molecular weight excluding hydrogens is 308 g/mol. The van der Waals surface area contributed by atoms with Crippen molar-refractivity contribution in [3.05, 3.63) is 58.6 Å². The highest BCUT2D eigenvalue weighted by atomic mass is 35.5. The van der Waals surface area contributed by atoms with Crippen molar-refractivity contribution in [2.45, 2.75) is 24.8 Å². The van der Waals surface area contributed by atoms with Crippen LogP contribution in [-0.4, -0.2) is 8.42 Å². The number of hydrogen-bond donors (Lipinski definition) is 2. The Kier molecular flexibility index (Phi) is 4.88. The predicted molar refractivity (Wildman–Crippen MR) is 85.7 cm³/mol. The third-order valence-electron chi connectivity index (χ3n) is 3.22. The Hall–Kier alpha value is -1.56. The molecule has 0 aliphatic rings. The lowest BCUT2D eigenvalue weighted by Gasteiger charge is -2.12. The van der Waals surface area contributed by atoms with Crippen LogP contribution in [0.4, 0.5) is 5.69 Å². The molecule has 2 rings (SSSR count). The summed E-state index contributed by atoms with van der Waals surface area (Å²) in [6, 6.07) is 12.3. The van der Waals surface area contributed by atoms with Gasteiger partial charge < -0.3 is 5.73 Å². The monoisotopic (exact) mass is 324 g/mol. The van der Waals surface area contributed by atoms with Crippen LogP contribution in [0.15, 0.2) is 47.4 Å². The van der Waals surface area contributed by atoms with Crippen molar-refractivity contribution in [1.29, 1.82) is 0 Å². The van der Waals surface area contributed by atoms with Crippen molar-refractivity contribution in [2.24, 2.45) is 0 Å². The van der Waals surface area contributed by atoms with Crippen molar-refractivity contribution in [3.8, 4) is 0 Å². The first-order valence-corrected chi connectivity index (χ1v) is 8.42. The molecule has 0 fully saturated rings. The second-order valence-electron chi connectivity index (χ2n) is 4.61. The summed E-state index contributed by atoms with van der Waals surface area (Å²) in [7, 11) is -3.75. The van der Waals surface area contributed by atoms with E-state index >= 15 is 0 Å². The number of rotatable bonds is 5. The summed E-state index contributed by atoms with van der Waals surface area (Å²) in [6.07, 6.45) is 0.839. The number of hydrogen-bond acceptors (Lipinski definition) is 3. The van der Waals surface area contributed by atoms with Crippen LogP contribution in [0.5, 0.6) is 0 Å². The van der Waals surface area contributed by atoms with E-state index in [0.29, 0.717) is 0 Å². The van der Waals surface area contributed by atoms with Crippen molar-refractivity contribution < 1.29 is 8.42 Å². The van der Waals surface area contributed by atoms with Gasteiger partial charge in [0, 0.05) is 6.54 Å². The smallest absolute Gasteiger partial charge is 0.244 e. The summed E-state index contributed by atoms with van der Waals surface area (Å²) in [5, 5.41) is 0.117. The number of sulfonamides is 1. The molecule has 0 unspecified atom stereocenters. The highest BCUT2D eigenvalue weighted by Crippen LogP contribution is 2.27. The summed E-state index contributed by atoms with van der Waals surface area (Å²) in [6.45, 7) is 2.23. The van der Waals surface area contributed by atoms with Crippen molar-refractivity contribution in [1.82, 2.24) is 4.72 Å². The molecule has 0 spiro atoms. The standard InChI is InChI=1S/C15H17ClN2O2S/c1-2-11-6-3-4-7-12(11)10-18-21(19,20)15-13(16)8-5-9-14(15)17/h3-9,18H,2,10,17H2,1H3. The van der Waals surface area contributed by atoms with Crippen molar-refractivity contribution >= 4 is 27.3 Å². The van der Waals surface area contributed by atoms with E-state index in [4.69, 9.17) is 17.3 Å². The van der Waals surface area contributed by atoms with Crippen LogP contribution < -0.4 is 10.5 Å². The Bertz CT molecular complexity index is 725. The van der Waals surface area contributed by atoms with Gasteiger partial charge in [-0.15, -0.1) is 0 Å². The fourth-order valence-electron chi connectivity index (χ4n) is 2.13. The van der Waals surface area contributed by atoms with Crippen LogP contribution in [0.1, 0.15) is 18.1 Å². The molecule has 0 heterocycles. The molecule has 2 aromatic rings. The van der Waals surface area contributed by atoms with Crippen molar-refractivity contribution in [2.75, 3.05) is 5.73 Å². The first-order chi connectivity index (χ1) is 9.95. The van der Waals surface area contributed by atoms with Gasteiger partial charge in [0.15, 0.2) is 0 Å². The second kappa shape index (κ2) is 6.47. The third-order valence-corrected chi connectivity index (χ3v) is 5.16. The Morgan fingerprint density at radius 1 is 1.10 bits per heavy atom. The van der Waals surface area contributed by atoms with Gasteiger partial charge in [0.25, 0.3) is 0 Å². The summed E-state index contributed by atoms with van der Waals surface area (Å²) >= 11 is 5.96. The minimum Gasteiger partial charge on any atom is -0.398 e. The zero-order valence-electron chi connectivity index (χ0n) is 11.6. The largest absolute Gasteiger partial charge is 0.398 e. The van der Waals surface area contributed by atoms with Gasteiger partial charge in [-0.25, -0.2) is 13.1 Å². The van der Waals surface area contributed by atoms with Crippen molar-refractivity contribution in [3.63, 3.8) is 0 Å². The van der Waals surface area contributed by atoms with Gasteiger partial charge in [-0.3, -0.25) is 0 Å². The van der Waals surface area contributed by atoms with E-state index in [-0.39, 0.29) is 22.2 Å². The van der Waals surface area contributed by atoms with Crippen LogP contribution in [0, 0.1) is 0 Å². The lowest BCUT2D eigenvalue weighted by molar-refractivity contribution is 0.581. The Morgan fingerprint density at radius 3 is 2.38 bits per heavy atom. The third kappa shape index (κ3) is 3.56. The van der Waals surface area contributed by atoms with E-state index in [1.165, 1.54) is 12.1 Å². The molecule has 3 N–H and O–H groups in total. The Morgan fingerprint density at radius 2 is 1.76 bits per heavy atom. The Balaban J connectivity index is 2.27. The minimum atomic E-state index is -3.75. The number of anilines is 1. The molecule has 0 saturated carbocycles. The zero-order valence-corrected chi connectivity index (χ0v) is 13.2. The fraction of sp³-hybridized carbons (Fsp3) is 0.200. The zero-order chi connectivity index (χ0) is 15.5. The number of nitrogen functional groups attached to an aromatic ring is 1. The van der Waals surface area contributed by atoms with Gasteiger partial charge in [0.05, 0.1) is 10.7 Å². The summed E-state index contributed by atoms with van der Waals surface area (Å²) < 4.78 is 27.3. The predicted octanol–water partition coefficient (Wildman–Crippen LogP) is 2.96. The first-order valence-electron chi connectivity index (χ1n) is 6.56. The summed E-state index contributed by atoms with van der Waals surface area (Å²) in [4.78, 5) is -0.0688. The molecule has 6 heteroatoms. The number of aryl methyl sites for hydroxylation is 1. The molecule has 112 valence electrons. The average molecular weight is 325 g/mol.